The van der Waals surface area contributed by atoms with Gasteiger partial charge < -0.3 is 0 Å². The summed E-state index contributed by atoms with van der Waals surface area (Å²) in [6, 6.07) is 8.06. The van der Waals surface area contributed by atoms with Crippen LogP contribution in [0, 0.1) is 5.92 Å². The van der Waals surface area contributed by atoms with E-state index in [-0.39, 0.29) is 11.8 Å². The highest BCUT2D eigenvalue weighted by Gasteiger charge is 2.35. The number of halogens is 1. The smallest absolute Gasteiger partial charge is 0.251 e. The number of hydrogen-bond acceptors (Lipinski definition) is 2. The van der Waals surface area contributed by atoms with Crippen LogP contribution in [0.15, 0.2) is 33.8 Å². The van der Waals surface area contributed by atoms with E-state index < -0.39 is 0 Å². The second-order valence-electron chi connectivity index (χ2n) is 5.27. The summed E-state index contributed by atoms with van der Waals surface area (Å²) in [6.45, 7) is 0.582. The van der Waals surface area contributed by atoms with Crippen LogP contribution in [0.1, 0.15) is 37.7 Å². The van der Waals surface area contributed by atoms with Crippen molar-refractivity contribution in [3.05, 3.63) is 34.3 Å². The number of nitrogens with zero attached hydrogens (tertiary/aromatic N) is 2. The topological polar surface area (TPSA) is 32.7 Å². The summed E-state index contributed by atoms with van der Waals surface area (Å²) in [5.41, 5.74) is 2.22. The van der Waals surface area contributed by atoms with E-state index in [1.54, 1.807) is 5.01 Å². The fourth-order valence-corrected chi connectivity index (χ4v) is 3.31. The molecule has 1 aromatic rings. The average molecular weight is 321 g/mol. The Hall–Kier alpha value is -1.16. The number of amides is 1. The molecule has 0 radical (unpaired) electrons. The van der Waals surface area contributed by atoms with E-state index in [4.69, 9.17) is 0 Å². The van der Waals surface area contributed by atoms with E-state index in [2.05, 4.69) is 21.0 Å². The molecule has 1 unspecified atom stereocenters. The van der Waals surface area contributed by atoms with Gasteiger partial charge in [0.1, 0.15) is 0 Å². The highest BCUT2D eigenvalue weighted by molar-refractivity contribution is 9.10. The summed E-state index contributed by atoms with van der Waals surface area (Å²) in [4.78, 5) is 12.4. The van der Waals surface area contributed by atoms with E-state index in [0.29, 0.717) is 6.54 Å². The highest BCUT2D eigenvalue weighted by atomic mass is 79.9. The van der Waals surface area contributed by atoms with Gasteiger partial charge in [0.05, 0.1) is 18.2 Å². The van der Waals surface area contributed by atoms with Crippen LogP contribution < -0.4 is 0 Å². The molecule has 19 heavy (non-hydrogen) atoms. The lowest BCUT2D eigenvalue weighted by Crippen LogP contribution is -2.26. The number of rotatable bonds is 2. The standard InChI is InChI=1S/C15H17BrN2O/c16-12-6-4-5-11(9-12)10-18-15(19)13-7-2-1-3-8-14(13)17-18/h4-6,9,13H,1-3,7-8,10H2. The van der Waals surface area contributed by atoms with Crippen molar-refractivity contribution in [1.82, 2.24) is 5.01 Å². The summed E-state index contributed by atoms with van der Waals surface area (Å²) >= 11 is 3.46. The largest absolute Gasteiger partial charge is 0.272 e. The second-order valence-corrected chi connectivity index (χ2v) is 6.18. The van der Waals surface area contributed by atoms with Crippen LogP contribution in [-0.2, 0) is 11.3 Å². The van der Waals surface area contributed by atoms with Gasteiger partial charge in [0.25, 0.3) is 5.91 Å². The number of benzene rings is 1. The molecule has 1 fully saturated rings. The SMILES string of the molecule is O=C1C2CCCCCC2=NN1Cc1cccc(Br)c1. The molecule has 0 saturated heterocycles. The fourth-order valence-electron chi connectivity index (χ4n) is 2.86. The first-order valence-electron chi connectivity index (χ1n) is 6.87. The van der Waals surface area contributed by atoms with Crippen LogP contribution in [-0.4, -0.2) is 16.6 Å². The van der Waals surface area contributed by atoms with Crippen LogP contribution in [0.5, 0.6) is 0 Å². The summed E-state index contributed by atoms with van der Waals surface area (Å²) in [7, 11) is 0. The van der Waals surface area contributed by atoms with Gasteiger partial charge >= 0.3 is 0 Å². The molecule has 0 spiro atoms. The molecule has 3 rings (SSSR count). The zero-order chi connectivity index (χ0) is 13.2. The monoisotopic (exact) mass is 320 g/mol. The Morgan fingerprint density at radius 1 is 1.32 bits per heavy atom. The number of carbonyl (C=O) groups excluding carboxylic acids is 1. The van der Waals surface area contributed by atoms with Crippen molar-refractivity contribution in [1.29, 1.82) is 0 Å². The number of carbonyl (C=O) groups is 1. The average Bonchev–Trinajstić information content (AvgIpc) is 2.58. The van der Waals surface area contributed by atoms with Gasteiger partial charge in [-0.1, -0.05) is 40.9 Å². The van der Waals surface area contributed by atoms with Gasteiger partial charge in [-0.15, -0.1) is 0 Å². The third-order valence-corrected chi connectivity index (χ3v) is 4.34. The van der Waals surface area contributed by atoms with Crippen molar-refractivity contribution in [2.45, 2.75) is 38.6 Å². The first kappa shape index (κ1) is 12.9. The van der Waals surface area contributed by atoms with Crippen molar-refractivity contribution in [3.63, 3.8) is 0 Å². The molecule has 1 atom stereocenters. The minimum absolute atomic E-state index is 0.0645. The lowest BCUT2D eigenvalue weighted by molar-refractivity contribution is -0.132. The van der Waals surface area contributed by atoms with Crippen LogP contribution in [0.2, 0.25) is 0 Å². The van der Waals surface area contributed by atoms with Gasteiger partial charge in [-0.3, -0.25) is 4.79 Å². The molecule has 1 heterocycles. The van der Waals surface area contributed by atoms with Crippen LogP contribution in [0.4, 0.5) is 0 Å². The number of fused-ring (bicyclic) bond motifs is 1. The fraction of sp³-hybridized carbons (Fsp3) is 0.467. The quantitative estimate of drug-likeness (QED) is 0.817. The van der Waals surface area contributed by atoms with E-state index in [9.17, 15) is 4.79 Å². The molecule has 0 bridgehead atoms. The molecule has 1 aliphatic carbocycles. The maximum atomic E-state index is 12.4. The first-order valence-corrected chi connectivity index (χ1v) is 7.66. The van der Waals surface area contributed by atoms with Crippen molar-refractivity contribution >= 4 is 27.5 Å². The molecule has 1 saturated carbocycles. The number of hydrogen-bond donors (Lipinski definition) is 0. The lowest BCUT2D eigenvalue weighted by atomic mass is 9.98. The van der Waals surface area contributed by atoms with Crippen LogP contribution >= 0.6 is 15.9 Å². The Balaban J connectivity index is 1.77. The highest BCUT2D eigenvalue weighted by Crippen LogP contribution is 2.29. The van der Waals surface area contributed by atoms with E-state index in [1.165, 1.54) is 12.8 Å². The predicted octanol–water partition coefficient (Wildman–Crippen LogP) is 3.73. The maximum absolute atomic E-state index is 12.4. The predicted molar refractivity (Wildman–Crippen MR) is 78.7 cm³/mol. The number of hydrazone groups is 1. The Bertz CT molecular complexity index is 527. The van der Waals surface area contributed by atoms with Gasteiger partial charge in [0.15, 0.2) is 0 Å². The molecule has 1 aliphatic heterocycles. The molecule has 0 aromatic heterocycles. The van der Waals surface area contributed by atoms with Crippen molar-refractivity contribution < 1.29 is 4.79 Å². The van der Waals surface area contributed by atoms with E-state index >= 15 is 0 Å². The molecule has 2 aliphatic rings. The van der Waals surface area contributed by atoms with E-state index in [0.717, 1.165) is 35.0 Å². The van der Waals surface area contributed by atoms with Gasteiger partial charge in [-0.2, -0.15) is 5.10 Å². The Kier molecular flexibility index (Phi) is 3.69. The minimum atomic E-state index is 0.0645. The van der Waals surface area contributed by atoms with E-state index in [1.807, 2.05) is 24.3 Å². The third kappa shape index (κ3) is 2.73. The molecule has 100 valence electrons. The van der Waals surface area contributed by atoms with Gasteiger partial charge in [-0.05, 0) is 37.0 Å². The minimum Gasteiger partial charge on any atom is -0.272 e. The van der Waals surface area contributed by atoms with Crippen molar-refractivity contribution in [3.8, 4) is 0 Å². The third-order valence-electron chi connectivity index (χ3n) is 3.85. The second kappa shape index (κ2) is 5.45. The first-order chi connectivity index (χ1) is 9.24. The summed E-state index contributed by atoms with van der Waals surface area (Å²) in [5, 5.41) is 6.22. The summed E-state index contributed by atoms with van der Waals surface area (Å²) in [5.74, 6) is 0.256. The molecule has 1 amide bonds. The van der Waals surface area contributed by atoms with Gasteiger partial charge in [0.2, 0.25) is 0 Å². The molecule has 3 nitrogen and oxygen atoms in total. The Morgan fingerprint density at radius 2 is 2.21 bits per heavy atom. The van der Waals surface area contributed by atoms with Crippen molar-refractivity contribution in [2.75, 3.05) is 0 Å². The molecule has 0 N–H and O–H groups in total. The lowest BCUT2D eigenvalue weighted by Gasteiger charge is -2.14. The Labute approximate surface area is 121 Å². The van der Waals surface area contributed by atoms with Gasteiger partial charge in [-0.25, -0.2) is 5.01 Å². The van der Waals surface area contributed by atoms with Gasteiger partial charge in [0, 0.05) is 4.47 Å². The zero-order valence-corrected chi connectivity index (χ0v) is 12.4. The maximum Gasteiger partial charge on any atom is 0.251 e. The molecule has 4 heteroatoms. The van der Waals surface area contributed by atoms with Crippen LogP contribution in [0.3, 0.4) is 0 Å². The normalized spacial score (nSPS) is 23.0. The molecular formula is C15H17BrN2O. The van der Waals surface area contributed by atoms with Crippen LogP contribution in [0.25, 0.3) is 0 Å². The summed E-state index contributed by atoms with van der Waals surface area (Å²) in [6.07, 6.45) is 5.53. The molecular weight excluding hydrogens is 304 g/mol. The zero-order valence-electron chi connectivity index (χ0n) is 10.8. The Morgan fingerprint density at radius 3 is 3.05 bits per heavy atom. The summed E-state index contributed by atoms with van der Waals surface area (Å²) < 4.78 is 1.04. The molecule has 1 aromatic carbocycles. The van der Waals surface area contributed by atoms with Crippen molar-refractivity contribution in [2.24, 2.45) is 11.0 Å².